The van der Waals surface area contributed by atoms with Crippen LogP contribution in [0, 0.1) is 0 Å². The second-order valence-electron chi connectivity index (χ2n) is 7.01. The fraction of sp³-hybridized carbons (Fsp3) is 0.632. The second kappa shape index (κ2) is 7.53. The molecule has 24 heavy (non-hydrogen) atoms. The lowest BCUT2D eigenvalue weighted by molar-refractivity contribution is -0.126. The van der Waals surface area contributed by atoms with Crippen molar-refractivity contribution in [2.24, 2.45) is 0 Å². The largest absolute Gasteiger partial charge is 0.496 e. The molecule has 1 aliphatic heterocycles. The van der Waals surface area contributed by atoms with Gasteiger partial charge in [0.05, 0.1) is 25.9 Å². The van der Waals surface area contributed by atoms with Gasteiger partial charge in [-0.1, -0.05) is 6.07 Å². The predicted octanol–water partition coefficient (Wildman–Crippen LogP) is 1.91. The number of carbonyl (C=O) groups excluding carboxylic acids is 1. The van der Waals surface area contributed by atoms with Crippen LogP contribution in [0.25, 0.3) is 0 Å². The molecule has 1 fully saturated rings. The number of benzene rings is 1. The first-order chi connectivity index (χ1) is 11.5. The zero-order chi connectivity index (χ0) is 17.1. The number of carbonyl (C=O) groups is 1. The summed E-state index contributed by atoms with van der Waals surface area (Å²) in [5.41, 5.74) is 3.85. The third-order valence-corrected chi connectivity index (χ3v) is 4.83. The van der Waals surface area contributed by atoms with Gasteiger partial charge in [0.25, 0.3) is 0 Å². The average molecular weight is 332 g/mol. The van der Waals surface area contributed by atoms with Crippen molar-refractivity contribution in [2.75, 3.05) is 26.7 Å². The highest BCUT2D eigenvalue weighted by Crippen LogP contribution is 2.29. The van der Waals surface area contributed by atoms with Crippen molar-refractivity contribution in [3.05, 3.63) is 28.8 Å². The molecular formula is C19H28N2O3. The number of hydrogen-bond donors (Lipinski definition) is 1. The van der Waals surface area contributed by atoms with Gasteiger partial charge in [0.1, 0.15) is 5.75 Å². The highest BCUT2D eigenvalue weighted by Gasteiger charge is 2.23. The lowest BCUT2D eigenvalue weighted by Crippen LogP contribution is -2.49. The van der Waals surface area contributed by atoms with Gasteiger partial charge < -0.3 is 14.8 Å². The minimum absolute atomic E-state index is 0.0545. The van der Waals surface area contributed by atoms with Crippen LogP contribution in [0.3, 0.4) is 0 Å². The molecule has 1 aromatic rings. The van der Waals surface area contributed by atoms with Crippen LogP contribution in [0.15, 0.2) is 12.1 Å². The Balaban J connectivity index is 1.56. The molecule has 1 amide bonds. The predicted molar refractivity (Wildman–Crippen MR) is 93.3 cm³/mol. The molecule has 1 N–H and O–H groups in total. The lowest BCUT2D eigenvalue weighted by Gasteiger charge is -2.34. The Kier molecular flexibility index (Phi) is 5.41. The molecular weight excluding hydrogens is 304 g/mol. The van der Waals surface area contributed by atoms with Crippen molar-refractivity contribution in [1.82, 2.24) is 10.2 Å². The van der Waals surface area contributed by atoms with Crippen LogP contribution in [0.5, 0.6) is 5.75 Å². The summed E-state index contributed by atoms with van der Waals surface area (Å²) in [5, 5.41) is 3.04. The van der Waals surface area contributed by atoms with Crippen LogP contribution < -0.4 is 10.1 Å². The number of fused-ring (bicyclic) bond motifs is 1. The summed E-state index contributed by atoms with van der Waals surface area (Å²) < 4.78 is 11.2. The molecule has 1 aromatic carbocycles. The maximum atomic E-state index is 12.3. The summed E-state index contributed by atoms with van der Waals surface area (Å²) in [7, 11) is 1.69. The Morgan fingerprint density at radius 2 is 1.92 bits per heavy atom. The third kappa shape index (κ3) is 4.08. The van der Waals surface area contributed by atoms with Gasteiger partial charge in [0.15, 0.2) is 0 Å². The van der Waals surface area contributed by atoms with Crippen LogP contribution in [0.4, 0.5) is 0 Å². The Labute approximate surface area is 144 Å². The first-order valence-corrected chi connectivity index (χ1v) is 8.88. The SMILES string of the molecule is COc1cc2c(cc1CNC(=O)CN1C[C@@H](C)O[C@@H](C)C1)CCC2. The summed E-state index contributed by atoms with van der Waals surface area (Å²) in [6, 6.07) is 4.33. The summed E-state index contributed by atoms with van der Waals surface area (Å²) >= 11 is 0. The molecule has 0 aromatic heterocycles. The minimum atomic E-state index is 0.0545. The van der Waals surface area contributed by atoms with Gasteiger partial charge in [-0.05, 0) is 50.3 Å². The molecule has 2 atom stereocenters. The fourth-order valence-corrected chi connectivity index (χ4v) is 3.85. The van der Waals surface area contributed by atoms with E-state index in [0.717, 1.165) is 37.2 Å². The molecule has 0 bridgehead atoms. The highest BCUT2D eigenvalue weighted by molar-refractivity contribution is 5.78. The zero-order valence-electron chi connectivity index (χ0n) is 14.9. The summed E-state index contributed by atoms with van der Waals surface area (Å²) in [5.74, 6) is 0.934. The van der Waals surface area contributed by atoms with E-state index in [-0.39, 0.29) is 18.1 Å². The summed E-state index contributed by atoms with van der Waals surface area (Å²) in [6.07, 6.45) is 3.83. The third-order valence-electron chi connectivity index (χ3n) is 4.83. The number of methoxy groups -OCH3 is 1. The maximum absolute atomic E-state index is 12.3. The molecule has 0 saturated carbocycles. The molecule has 1 aliphatic carbocycles. The van der Waals surface area contributed by atoms with E-state index in [9.17, 15) is 4.79 Å². The molecule has 3 rings (SSSR count). The molecule has 1 saturated heterocycles. The van der Waals surface area contributed by atoms with Crippen LogP contribution >= 0.6 is 0 Å². The highest BCUT2D eigenvalue weighted by atomic mass is 16.5. The van der Waals surface area contributed by atoms with E-state index in [1.807, 2.05) is 0 Å². The summed E-state index contributed by atoms with van der Waals surface area (Å²) in [4.78, 5) is 14.5. The topological polar surface area (TPSA) is 50.8 Å². The number of ether oxygens (including phenoxy) is 2. The number of nitrogens with zero attached hydrogens (tertiary/aromatic N) is 1. The first-order valence-electron chi connectivity index (χ1n) is 8.88. The van der Waals surface area contributed by atoms with E-state index in [2.05, 4.69) is 36.2 Å². The van der Waals surface area contributed by atoms with Crippen molar-refractivity contribution in [3.63, 3.8) is 0 Å². The van der Waals surface area contributed by atoms with Gasteiger partial charge in [-0.2, -0.15) is 0 Å². The standard InChI is InChI=1S/C19H28N2O3/c1-13-10-21(11-14(2)24-13)12-19(22)20-9-17-7-15-5-4-6-16(15)8-18(17)23-3/h7-8,13-14H,4-6,9-12H2,1-3H3,(H,20,22)/t13-,14+. The van der Waals surface area contributed by atoms with Gasteiger partial charge in [0, 0.05) is 25.2 Å². The maximum Gasteiger partial charge on any atom is 0.234 e. The molecule has 132 valence electrons. The average Bonchev–Trinajstić information content (AvgIpc) is 2.98. The van der Waals surface area contributed by atoms with Gasteiger partial charge in [-0.3, -0.25) is 9.69 Å². The van der Waals surface area contributed by atoms with Crippen molar-refractivity contribution in [1.29, 1.82) is 0 Å². The quantitative estimate of drug-likeness (QED) is 0.895. The Morgan fingerprint density at radius 1 is 1.25 bits per heavy atom. The van der Waals surface area contributed by atoms with Crippen molar-refractivity contribution in [2.45, 2.75) is 51.9 Å². The molecule has 0 spiro atoms. The van der Waals surface area contributed by atoms with Crippen LogP contribution in [0.2, 0.25) is 0 Å². The number of rotatable bonds is 5. The van der Waals surface area contributed by atoms with Gasteiger partial charge in [-0.25, -0.2) is 0 Å². The molecule has 0 radical (unpaired) electrons. The van der Waals surface area contributed by atoms with Crippen LogP contribution in [-0.2, 0) is 28.9 Å². The molecule has 1 heterocycles. The normalized spacial score (nSPS) is 23.8. The van der Waals surface area contributed by atoms with Crippen molar-refractivity contribution < 1.29 is 14.3 Å². The number of hydrogen-bond acceptors (Lipinski definition) is 4. The van der Waals surface area contributed by atoms with E-state index < -0.39 is 0 Å². The molecule has 5 heteroatoms. The Bertz CT molecular complexity index is 593. The molecule has 5 nitrogen and oxygen atoms in total. The van der Waals surface area contributed by atoms with Crippen LogP contribution in [-0.4, -0.2) is 49.8 Å². The monoisotopic (exact) mass is 332 g/mol. The number of morpholine rings is 1. The lowest BCUT2D eigenvalue weighted by atomic mass is 10.0. The van der Waals surface area contributed by atoms with E-state index >= 15 is 0 Å². The fourth-order valence-electron chi connectivity index (χ4n) is 3.85. The number of nitrogens with one attached hydrogen (secondary N) is 1. The van der Waals surface area contributed by atoms with E-state index in [1.54, 1.807) is 7.11 Å². The number of aryl methyl sites for hydroxylation is 2. The smallest absolute Gasteiger partial charge is 0.234 e. The van der Waals surface area contributed by atoms with E-state index in [0.29, 0.717) is 13.1 Å². The van der Waals surface area contributed by atoms with Crippen LogP contribution in [0.1, 0.15) is 37.0 Å². The van der Waals surface area contributed by atoms with Gasteiger partial charge in [0.2, 0.25) is 5.91 Å². The number of amides is 1. The van der Waals surface area contributed by atoms with Gasteiger partial charge in [-0.15, -0.1) is 0 Å². The first kappa shape index (κ1) is 17.2. The minimum Gasteiger partial charge on any atom is -0.496 e. The van der Waals surface area contributed by atoms with E-state index in [4.69, 9.17) is 9.47 Å². The van der Waals surface area contributed by atoms with E-state index in [1.165, 1.54) is 17.5 Å². The Hall–Kier alpha value is -1.59. The molecule has 0 unspecified atom stereocenters. The van der Waals surface area contributed by atoms with Crippen molar-refractivity contribution in [3.8, 4) is 5.75 Å². The zero-order valence-corrected chi connectivity index (χ0v) is 14.9. The summed E-state index contributed by atoms with van der Waals surface area (Å²) in [6.45, 7) is 6.65. The molecule has 2 aliphatic rings. The second-order valence-corrected chi connectivity index (χ2v) is 7.01. The van der Waals surface area contributed by atoms with Crippen molar-refractivity contribution >= 4 is 5.91 Å². The van der Waals surface area contributed by atoms with Gasteiger partial charge >= 0.3 is 0 Å². The Morgan fingerprint density at radius 3 is 2.58 bits per heavy atom.